The molecule has 0 spiro atoms. The van der Waals surface area contributed by atoms with Crippen LogP contribution < -0.4 is 16.0 Å². The van der Waals surface area contributed by atoms with Crippen molar-refractivity contribution in [3.05, 3.63) is 42.0 Å². The Kier molecular flexibility index (Phi) is 8.58. The molecule has 3 N–H and O–H groups in total. The quantitative estimate of drug-likeness (QED) is 0.409. The summed E-state index contributed by atoms with van der Waals surface area (Å²) in [5.74, 6) is -1.01. The van der Waals surface area contributed by atoms with E-state index in [-0.39, 0.29) is 30.1 Å². The second-order valence-corrected chi connectivity index (χ2v) is 7.70. The molecule has 0 radical (unpaired) electrons. The smallest absolute Gasteiger partial charge is 0.244 e. The first kappa shape index (κ1) is 22.3. The third-order valence-corrected chi connectivity index (χ3v) is 4.76. The van der Waals surface area contributed by atoms with Crippen molar-refractivity contribution in [2.24, 2.45) is 11.8 Å². The van der Waals surface area contributed by atoms with Crippen LogP contribution in [0.5, 0.6) is 0 Å². The number of benzene rings is 1. The second-order valence-electron chi connectivity index (χ2n) is 7.70. The molecule has 1 aliphatic heterocycles. The molecule has 156 valence electrons. The fourth-order valence-corrected chi connectivity index (χ4v) is 3.27. The number of amides is 3. The molecule has 3 unspecified atom stereocenters. The Hall–Kier alpha value is -2.96. The van der Waals surface area contributed by atoms with E-state index >= 15 is 0 Å². The Balaban J connectivity index is 1.96. The lowest BCUT2D eigenvalue weighted by molar-refractivity contribution is -0.129. The van der Waals surface area contributed by atoms with Gasteiger partial charge in [0.1, 0.15) is 12.3 Å². The summed E-state index contributed by atoms with van der Waals surface area (Å²) >= 11 is 0. The van der Waals surface area contributed by atoms with E-state index in [0.29, 0.717) is 25.7 Å². The Morgan fingerprint density at radius 3 is 2.52 bits per heavy atom. The molecule has 1 aromatic carbocycles. The zero-order chi connectivity index (χ0) is 21.2. The van der Waals surface area contributed by atoms with Crippen LogP contribution in [0.4, 0.5) is 0 Å². The molecule has 29 heavy (non-hydrogen) atoms. The molecule has 1 saturated heterocycles. The van der Waals surface area contributed by atoms with Crippen LogP contribution in [0.3, 0.4) is 0 Å². The van der Waals surface area contributed by atoms with Crippen molar-refractivity contribution < 1.29 is 19.2 Å². The Morgan fingerprint density at radius 2 is 1.93 bits per heavy atom. The van der Waals surface area contributed by atoms with E-state index in [1.54, 1.807) is 6.08 Å². The van der Waals surface area contributed by atoms with Crippen LogP contribution in [-0.2, 0) is 19.2 Å². The number of nitrogens with one attached hydrogen (secondary N) is 3. The molecular weight excluding hydrogens is 370 g/mol. The molecule has 0 aliphatic carbocycles. The summed E-state index contributed by atoms with van der Waals surface area (Å²) in [5.41, 5.74) is 0.878. The van der Waals surface area contributed by atoms with Crippen LogP contribution in [0.15, 0.2) is 36.4 Å². The van der Waals surface area contributed by atoms with Crippen molar-refractivity contribution in [1.29, 1.82) is 0 Å². The summed E-state index contributed by atoms with van der Waals surface area (Å²) < 4.78 is 0. The van der Waals surface area contributed by atoms with E-state index in [2.05, 4.69) is 16.0 Å². The van der Waals surface area contributed by atoms with Crippen LogP contribution in [0.1, 0.15) is 38.7 Å². The van der Waals surface area contributed by atoms with Crippen LogP contribution in [-0.4, -0.2) is 42.6 Å². The maximum atomic E-state index is 12.7. The fraction of sp³-hybridized carbons (Fsp3) is 0.455. The third kappa shape index (κ3) is 7.52. The van der Waals surface area contributed by atoms with Crippen molar-refractivity contribution >= 4 is 30.1 Å². The van der Waals surface area contributed by atoms with Gasteiger partial charge in [-0.05, 0) is 36.8 Å². The molecule has 7 nitrogen and oxygen atoms in total. The number of aldehydes is 1. The first-order chi connectivity index (χ1) is 13.9. The van der Waals surface area contributed by atoms with Gasteiger partial charge < -0.3 is 20.7 Å². The van der Waals surface area contributed by atoms with E-state index in [0.717, 1.165) is 5.56 Å². The van der Waals surface area contributed by atoms with Gasteiger partial charge in [0.15, 0.2) is 0 Å². The van der Waals surface area contributed by atoms with E-state index in [9.17, 15) is 19.2 Å². The maximum absolute atomic E-state index is 12.7. The van der Waals surface area contributed by atoms with Gasteiger partial charge in [-0.3, -0.25) is 14.4 Å². The minimum Gasteiger partial charge on any atom is -0.356 e. The molecule has 3 amide bonds. The molecule has 1 heterocycles. The molecule has 0 bridgehead atoms. The summed E-state index contributed by atoms with van der Waals surface area (Å²) in [6, 6.07) is 7.85. The summed E-state index contributed by atoms with van der Waals surface area (Å²) in [7, 11) is 0. The van der Waals surface area contributed by atoms with Gasteiger partial charge in [-0.2, -0.15) is 0 Å². The molecule has 0 aromatic heterocycles. The fourth-order valence-electron chi connectivity index (χ4n) is 3.27. The standard InChI is InChI=1S/C22H29N3O4/c1-15(2)12-19(25-20(27)9-8-16-6-4-3-5-7-16)22(29)24-18(14-26)13-17-10-11-23-21(17)28/h3-9,14-15,17-19H,10-13H2,1-2H3,(H,23,28)(H,24,29)(H,25,27)/b9-8+. The minimum absolute atomic E-state index is 0.0934. The van der Waals surface area contributed by atoms with Gasteiger partial charge in [0.2, 0.25) is 17.7 Å². The summed E-state index contributed by atoms with van der Waals surface area (Å²) in [4.78, 5) is 48.1. The lowest BCUT2D eigenvalue weighted by Crippen LogP contribution is -2.50. The summed E-state index contributed by atoms with van der Waals surface area (Å²) in [6.07, 6.45) is 5.05. The van der Waals surface area contributed by atoms with E-state index < -0.39 is 18.0 Å². The molecular formula is C22H29N3O4. The molecule has 7 heteroatoms. The number of carbonyl (C=O) groups is 4. The van der Waals surface area contributed by atoms with Crippen molar-refractivity contribution in [2.75, 3.05) is 6.54 Å². The first-order valence-corrected chi connectivity index (χ1v) is 9.96. The van der Waals surface area contributed by atoms with Crippen LogP contribution in [0, 0.1) is 11.8 Å². The molecule has 1 aromatic rings. The normalized spacial score (nSPS) is 18.3. The van der Waals surface area contributed by atoms with Gasteiger partial charge in [-0.25, -0.2) is 0 Å². The monoisotopic (exact) mass is 399 g/mol. The molecule has 2 rings (SSSR count). The Morgan fingerprint density at radius 1 is 1.21 bits per heavy atom. The molecule has 1 fully saturated rings. The lowest BCUT2D eigenvalue weighted by Gasteiger charge is -2.22. The highest BCUT2D eigenvalue weighted by molar-refractivity contribution is 5.96. The van der Waals surface area contributed by atoms with Gasteiger partial charge in [0.05, 0.1) is 6.04 Å². The Labute approximate surface area is 171 Å². The average Bonchev–Trinajstić information content (AvgIpc) is 3.10. The van der Waals surface area contributed by atoms with Crippen molar-refractivity contribution in [1.82, 2.24) is 16.0 Å². The SMILES string of the molecule is CC(C)CC(NC(=O)/C=C/c1ccccc1)C(=O)NC(C=O)CC1CCNC1=O. The maximum Gasteiger partial charge on any atom is 0.244 e. The number of rotatable bonds is 10. The third-order valence-electron chi connectivity index (χ3n) is 4.76. The highest BCUT2D eigenvalue weighted by Gasteiger charge is 2.29. The van der Waals surface area contributed by atoms with Crippen molar-refractivity contribution in [3.63, 3.8) is 0 Å². The second kappa shape index (κ2) is 11.1. The number of carbonyl (C=O) groups excluding carboxylic acids is 4. The topological polar surface area (TPSA) is 104 Å². The minimum atomic E-state index is -0.761. The Bertz CT molecular complexity index is 746. The number of hydrogen-bond donors (Lipinski definition) is 3. The summed E-state index contributed by atoms with van der Waals surface area (Å²) in [5, 5.41) is 8.11. The van der Waals surface area contributed by atoms with Gasteiger partial charge in [0.25, 0.3) is 0 Å². The average molecular weight is 399 g/mol. The van der Waals surface area contributed by atoms with Crippen molar-refractivity contribution in [3.8, 4) is 0 Å². The zero-order valence-electron chi connectivity index (χ0n) is 16.9. The molecule has 3 atom stereocenters. The zero-order valence-corrected chi connectivity index (χ0v) is 16.9. The van der Waals surface area contributed by atoms with E-state index in [1.807, 2.05) is 44.2 Å². The molecule has 1 aliphatic rings. The number of hydrogen-bond acceptors (Lipinski definition) is 4. The largest absolute Gasteiger partial charge is 0.356 e. The lowest BCUT2D eigenvalue weighted by atomic mass is 9.98. The highest BCUT2D eigenvalue weighted by Crippen LogP contribution is 2.16. The van der Waals surface area contributed by atoms with Crippen LogP contribution in [0.25, 0.3) is 6.08 Å². The van der Waals surface area contributed by atoms with Crippen LogP contribution >= 0.6 is 0 Å². The van der Waals surface area contributed by atoms with Crippen LogP contribution in [0.2, 0.25) is 0 Å². The molecule has 0 saturated carbocycles. The first-order valence-electron chi connectivity index (χ1n) is 9.96. The highest BCUT2D eigenvalue weighted by atomic mass is 16.2. The summed E-state index contributed by atoms with van der Waals surface area (Å²) in [6.45, 7) is 4.49. The van der Waals surface area contributed by atoms with Gasteiger partial charge in [-0.15, -0.1) is 0 Å². The van der Waals surface area contributed by atoms with Gasteiger partial charge >= 0.3 is 0 Å². The van der Waals surface area contributed by atoms with E-state index in [1.165, 1.54) is 6.08 Å². The van der Waals surface area contributed by atoms with Gasteiger partial charge in [-0.1, -0.05) is 44.2 Å². The predicted octanol–water partition coefficient (Wildman–Crippen LogP) is 1.44. The van der Waals surface area contributed by atoms with Gasteiger partial charge in [0, 0.05) is 18.5 Å². The predicted molar refractivity (Wildman–Crippen MR) is 111 cm³/mol. The van der Waals surface area contributed by atoms with E-state index in [4.69, 9.17) is 0 Å². The van der Waals surface area contributed by atoms with Crippen molar-refractivity contribution in [2.45, 2.75) is 45.2 Å².